The molecule has 1 fully saturated rings. The minimum Gasteiger partial charge on any atom is -0.311 e. The minimum atomic E-state index is 0.0670. The van der Waals surface area contributed by atoms with Crippen molar-refractivity contribution in [3.8, 4) is 0 Å². The van der Waals surface area contributed by atoms with E-state index < -0.39 is 0 Å². The number of nitrogens with zero attached hydrogens (tertiary/aromatic N) is 2. The Morgan fingerprint density at radius 1 is 1.00 bits per heavy atom. The highest BCUT2D eigenvalue weighted by Gasteiger charge is 2.27. The van der Waals surface area contributed by atoms with Gasteiger partial charge in [-0.25, -0.2) is 0 Å². The lowest BCUT2D eigenvalue weighted by Gasteiger charge is -2.32. The molecule has 0 unspecified atom stereocenters. The average molecular weight is 364 g/mol. The number of likely N-dealkylation sites (tertiary alicyclic amines) is 1. The number of hydrogen-bond acceptors (Lipinski definition) is 3. The zero-order valence-corrected chi connectivity index (χ0v) is 16.2. The molecule has 4 heteroatoms. The molecule has 1 aliphatic heterocycles. The average Bonchev–Trinajstić information content (AvgIpc) is 2.71. The van der Waals surface area contributed by atoms with Gasteiger partial charge < -0.3 is 4.90 Å². The molecule has 1 saturated heterocycles. The van der Waals surface area contributed by atoms with Gasteiger partial charge in [0.15, 0.2) is 5.78 Å². The molecule has 0 bridgehead atoms. The first kappa shape index (κ1) is 19.3. The van der Waals surface area contributed by atoms with E-state index in [1.165, 1.54) is 0 Å². The summed E-state index contributed by atoms with van der Waals surface area (Å²) in [4.78, 5) is 29.5. The first-order valence-corrected chi connectivity index (χ1v) is 9.77. The first-order valence-electron chi connectivity index (χ1n) is 9.77. The van der Waals surface area contributed by atoms with Gasteiger partial charge in [0.25, 0.3) is 0 Å². The van der Waals surface area contributed by atoms with E-state index in [9.17, 15) is 9.59 Å². The number of benzene rings is 2. The topological polar surface area (TPSA) is 40.6 Å². The minimum absolute atomic E-state index is 0.0670. The van der Waals surface area contributed by atoms with Crippen LogP contribution in [-0.2, 0) is 4.79 Å². The molecular formula is C23H28N2O2. The highest BCUT2D eigenvalue weighted by molar-refractivity contribution is 5.98. The number of aryl methyl sites for hydroxylation is 1. The molecule has 0 aliphatic carbocycles. The smallest absolute Gasteiger partial charge is 0.241 e. The molecule has 4 nitrogen and oxygen atoms in total. The summed E-state index contributed by atoms with van der Waals surface area (Å²) in [5.74, 6) is 0.425. The van der Waals surface area contributed by atoms with E-state index in [1.807, 2.05) is 73.3 Å². The van der Waals surface area contributed by atoms with Crippen LogP contribution in [0.15, 0.2) is 54.6 Å². The Morgan fingerprint density at radius 3 is 2.26 bits per heavy atom. The molecule has 2 aromatic carbocycles. The fourth-order valence-corrected chi connectivity index (χ4v) is 3.82. The molecule has 3 rings (SSSR count). The maximum atomic E-state index is 12.8. The van der Waals surface area contributed by atoms with Crippen molar-refractivity contribution in [1.82, 2.24) is 4.90 Å². The number of rotatable bonds is 6. The van der Waals surface area contributed by atoms with E-state index in [2.05, 4.69) is 4.90 Å². The van der Waals surface area contributed by atoms with Gasteiger partial charge in [0, 0.05) is 23.7 Å². The molecule has 0 atom stereocenters. The lowest BCUT2D eigenvalue weighted by molar-refractivity contribution is -0.120. The van der Waals surface area contributed by atoms with E-state index >= 15 is 0 Å². The van der Waals surface area contributed by atoms with Crippen molar-refractivity contribution < 1.29 is 9.59 Å². The number of hydrogen-bond donors (Lipinski definition) is 0. The summed E-state index contributed by atoms with van der Waals surface area (Å²) in [5.41, 5.74) is 2.89. The highest BCUT2D eigenvalue weighted by Crippen LogP contribution is 2.23. The summed E-state index contributed by atoms with van der Waals surface area (Å²) in [7, 11) is 0. The maximum Gasteiger partial charge on any atom is 0.241 e. The Hall–Kier alpha value is -2.46. The van der Waals surface area contributed by atoms with Crippen molar-refractivity contribution in [1.29, 1.82) is 0 Å². The van der Waals surface area contributed by atoms with Gasteiger partial charge in [-0.1, -0.05) is 48.5 Å². The number of carbonyl (C=O) groups is 2. The third-order valence-electron chi connectivity index (χ3n) is 5.40. The molecule has 27 heavy (non-hydrogen) atoms. The van der Waals surface area contributed by atoms with E-state index in [-0.39, 0.29) is 17.6 Å². The number of carbonyl (C=O) groups excluding carboxylic acids is 2. The third kappa shape index (κ3) is 4.64. The molecule has 0 radical (unpaired) electrons. The Labute approximate surface area is 161 Å². The quantitative estimate of drug-likeness (QED) is 0.729. The van der Waals surface area contributed by atoms with Crippen LogP contribution >= 0.6 is 0 Å². The van der Waals surface area contributed by atoms with Gasteiger partial charge in [-0.15, -0.1) is 0 Å². The van der Waals surface area contributed by atoms with Crippen LogP contribution in [0.1, 0.15) is 35.7 Å². The van der Waals surface area contributed by atoms with Gasteiger partial charge in [-0.05, 0) is 51.4 Å². The zero-order valence-electron chi connectivity index (χ0n) is 16.2. The van der Waals surface area contributed by atoms with E-state index in [1.54, 1.807) is 0 Å². The van der Waals surface area contributed by atoms with Crippen molar-refractivity contribution in [3.05, 3.63) is 65.7 Å². The lowest BCUT2D eigenvalue weighted by atomic mass is 9.89. The van der Waals surface area contributed by atoms with E-state index in [0.717, 1.165) is 42.7 Å². The lowest BCUT2D eigenvalue weighted by Crippen LogP contribution is -2.44. The molecule has 0 spiro atoms. The molecule has 1 heterocycles. The molecular weight excluding hydrogens is 336 g/mol. The third-order valence-corrected chi connectivity index (χ3v) is 5.40. The van der Waals surface area contributed by atoms with Gasteiger partial charge in [-0.2, -0.15) is 0 Å². The van der Waals surface area contributed by atoms with Crippen LogP contribution in [0, 0.1) is 12.8 Å². The molecule has 2 aromatic rings. The molecule has 1 aliphatic rings. The van der Waals surface area contributed by atoms with Crippen molar-refractivity contribution in [2.45, 2.75) is 26.7 Å². The normalized spacial score (nSPS) is 15.5. The predicted molar refractivity (Wildman–Crippen MR) is 109 cm³/mol. The fraction of sp³-hybridized carbons (Fsp3) is 0.391. The van der Waals surface area contributed by atoms with Crippen molar-refractivity contribution >= 4 is 17.4 Å². The Bertz CT molecular complexity index is 780. The molecule has 0 N–H and O–H groups in total. The molecule has 0 aromatic heterocycles. The number of amides is 1. The number of likely N-dealkylation sites (N-methyl/N-ethyl adjacent to an activating group) is 1. The van der Waals surface area contributed by atoms with Crippen LogP contribution in [0.5, 0.6) is 0 Å². The zero-order chi connectivity index (χ0) is 19.2. The van der Waals surface area contributed by atoms with Crippen molar-refractivity contribution in [2.24, 2.45) is 5.92 Å². The predicted octanol–water partition coefficient (Wildman–Crippen LogP) is 3.94. The van der Waals surface area contributed by atoms with Crippen LogP contribution < -0.4 is 4.90 Å². The molecule has 142 valence electrons. The maximum absolute atomic E-state index is 12.8. The summed E-state index contributed by atoms with van der Waals surface area (Å²) in [6.07, 6.45) is 1.63. The van der Waals surface area contributed by atoms with Gasteiger partial charge in [0.05, 0.1) is 6.54 Å². The van der Waals surface area contributed by atoms with Crippen LogP contribution in [0.2, 0.25) is 0 Å². The Balaban J connectivity index is 1.56. The number of piperidine rings is 1. The summed E-state index contributed by atoms with van der Waals surface area (Å²) in [6, 6.07) is 17.5. The summed E-state index contributed by atoms with van der Waals surface area (Å²) in [6.45, 7) is 6.70. The number of anilines is 1. The highest BCUT2D eigenvalue weighted by atomic mass is 16.2. The van der Waals surface area contributed by atoms with Gasteiger partial charge >= 0.3 is 0 Å². The van der Waals surface area contributed by atoms with Gasteiger partial charge in [0.2, 0.25) is 5.91 Å². The van der Waals surface area contributed by atoms with Gasteiger partial charge in [0.1, 0.15) is 0 Å². The molecule has 0 saturated carbocycles. The number of para-hydroxylation sites is 1. The Kier molecular flexibility index (Phi) is 6.40. The fourth-order valence-electron chi connectivity index (χ4n) is 3.82. The summed E-state index contributed by atoms with van der Waals surface area (Å²) < 4.78 is 0. The summed E-state index contributed by atoms with van der Waals surface area (Å²) >= 11 is 0. The standard InChI is InChI=1S/C23H28N2O2/c1-3-25(21-12-8-7-9-18(21)2)22(26)17-24-15-13-20(14-16-24)23(27)19-10-5-4-6-11-19/h4-12,20H,3,13-17H2,1-2H3. The Morgan fingerprint density at radius 2 is 1.63 bits per heavy atom. The first-order chi connectivity index (χ1) is 13.1. The second kappa shape index (κ2) is 8.96. The van der Waals surface area contributed by atoms with Crippen LogP contribution in [0.4, 0.5) is 5.69 Å². The van der Waals surface area contributed by atoms with E-state index in [0.29, 0.717) is 13.1 Å². The van der Waals surface area contributed by atoms with Crippen molar-refractivity contribution in [2.75, 3.05) is 31.1 Å². The van der Waals surface area contributed by atoms with Crippen LogP contribution in [0.3, 0.4) is 0 Å². The van der Waals surface area contributed by atoms with Gasteiger partial charge in [-0.3, -0.25) is 14.5 Å². The second-order valence-electron chi connectivity index (χ2n) is 7.21. The molecule has 1 amide bonds. The monoisotopic (exact) mass is 364 g/mol. The second-order valence-corrected chi connectivity index (χ2v) is 7.21. The largest absolute Gasteiger partial charge is 0.311 e. The van der Waals surface area contributed by atoms with Crippen molar-refractivity contribution in [3.63, 3.8) is 0 Å². The van der Waals surface area contributed by atoms with E-state index in [4.69, 9.17) is 0 Å². The summed E-state index contributed by atoms with van der Waals surface area (Å²) in [5, 5.41) is 0. The van der Waals surface area contributed by atoms with Crippen LogP contribution in [-0.4, -0.2) is 42.8 Å². The van der Waals surface area contributed by atoms with Crippen LogP contribution in [0.25, 0.3) is 0 Å². The number of Topliss-reactive ketones (excluding diaryl/α,β-unsaturated/α-hetero) is 1. The SMILES string of the molecule is CCN(C(=O)CN1CCC(C(=O)c2ccccc2)CC1)c1ccccc1C. The number of ketones is 1.